The highest BCUT2D eigenvalue weighted by atomic mass is 19.4. The van der Waals surface area contributed by atoms with Crippen LogP contribution in [0, 0.1) is 13.8 Å². The molecule has 0 aliphatic rings. The van der Waals surface area contributed by atoms with Crippen LogP contribution in [-0.2, 0) is 6.18 Å². The normalized spacial score (nSPS) is 11.3. The van der Waals surface area contributed by atoms with Crippen LogP contribution in [0.15, 0.2) is 42.5 Å². The van der Waals surface area contributed by atoms with Gasteiger partial charge in [0.15, 0.2) is 0 Å². The highest BCUT2D eigenvalue weighted by molar-refractivity contribution is 6.04. The molecule has 0 saturated heterocycles. The minimum absolute atomic E-state index is 0.182. The molecule has 0 saturated carbocycles. The Morgan fingerprint density at radius 2 is 1.57 bits per heavy atom. The summed E-state index contributed by atoms with van der Waals surface area (Å²) in [6.45, 7) is 3.87. The molecular weight excluding hydrogens is 279 g/mol. The van der Waals surface area contributed by atoms with Gasteiger partial charge in [0.2, 0.25) is 0 Å². The molecule has 0 fully saturated rings. The Balaban J connectivity index is 2.15. The fourth-order valence-corrected chi connectivity index (χ4v) is 1.83. The molecule has 2 aromatic rings. The molecule has 0 bridgehead atoms. The van der Waals surface area contributed by atoms with Crippen LogP contribution in [0.3, 0.4) is 0 Å². The minimum Gasteiger partial charge on any atom is -0.322 e. The topological polar surface area (TPSA) is 29.1 Å². The molecule has 0 aromatic heterocycles. The van der Waals surface area contributed by atoms with Gasteiger partial charge in [-0.1, -0.05) is 6.07 Å². The van der Waals surface area contributed by atoms with Crippen LogP contribution in [0.5, 0.6) is 0 Å². The quantitative estimate of drug-likeness (QED) is 0.863. The molecule has 110 valence electrons. The van der Waals surface area contributed by atoms with E-state index in [0.717, 1.165) is 23.3 Å². The number of hydrogen-bond donors (Lipinski definition) is 1. The first-order valence-corrected chi connectivity index (χ1v) is 6.33. The number of carbonyl (C=O) groups excluding carboxylic acids is 1. The van der Waals surface area contributed by atoms with Gasteiger partial charge in [-0.05, 0) is 61.4 Å². The van der Waals surface area contributed by atoms with E-state index in [-0.39, 0.29) is 5.56 Å². The third kappa shape index (κ3) is 3.62. The van der Waals surface area contributed by atoms with Gasteiger partial charge in [0, 0.05) is 11.3 Å². The molecule has 21 heavy (non-hydrogen) atoms. The molecule has 0 aliphatic carbocycles. The second-order valence-electron chi connectivity index (χ2n) is 4.83. The van der Waals surface area contributed by atoms with Gasteiger partial charge in [-0.3, -0.25) is 4.79 Å². The monoisotopic (exact) mass is 293 g/mol. The number of aryl methyl sites for hydroxylation is 2. The lowest BCUT2D eigenvalue weighted by Crippen LogP contribution is -2.13. The second-order valence-corrected chi connectivity index (χ2v) is 4.83. The van der Waals surface area contributed by atoms with Crippen LogP contribution in [-0.4, -0.2) is 5.91 Å². The highest BCUT2D eigenvalue weighted by Gasteiger charge is 2.30. The first-order chi connectivity index (χ1) is 9.77. The molecular formula is C16H14F3NO. The van der Waals surface area contributed by atoms with Crippen molar-refractivity contribution in [1.82, 2.24) is 0 Å². The van der Waals surface area contributed by atoms with Crippen molar-refractivity contribution >= 4 is 11.6 Å². The number of halogens is 3. The largest absolute Gasteiger partial charge is 0.416 e. The Labute approximate surface area is 120 Å². The van der Waals surface area contributed by atoms with Gasteiger partial charge >= 0.3 is 6.18 Å². The average Bonchev–Trinajstić information content (AvgIpc) is 2.42. The summed E-state index contributed by atoms with van der Waals surface area (Å²) >= 11 is 0. The number of carbonyl (C=O) groups is 1. The maximum Gasteiger partial charge on any atom is 0.416 e. The molecule has 1 amide bonds. The van der Waals surface area contributed by atoms with Crippen LogP contribution in [0.4, 0.5) is 18.9 Å². The van der Waals surface area contributed by atoms with Gasteiger partial charge in [0.1, 0.15) is 0 Å². The lowest BCUT2D eigenvalue weighted by atomic mass is 10.1. The van der Waals surface area contributed by atoms with Crippen molar-refractivity contribution in [3.05, 3.63) is 64.7 Å². The summed E-state index contributed by atoms with van der Waals surface area (Å²) < 4.78 is 37.3. The van der Waals surface area contributed by atoms with E-state index in [1.165, 1.54) is 12.1 Å². The smallest absolute Gasteiger partial charge is 0.322 e. The number of alkyl halides is 3. The Morgan fingerprint density at radius 1 is 0.952 bits per heavy atom. The van der Waals surface area contributed by atoms with Gasteiger partial charge in [-0.25, -0.2) is 0 Å². The van der Waals surface area contributed by atoms with Crippen LogP contribution in [0.25, 0.3) is 0 Å². The van der Waals surface area contributed by atoms with Gasteiger partial charge in [0.05, 0.1) is 5.56 Å². The zero-order valence-electron chi connectivity index (χ0n) is 11.6. The summed E-state index contributed by atoms with van der Waals surface area (Å²) in [5, 5.41) is 2.66. The van der Waals surface area contributed by atoms with Gasteiger partial charge in [-0.15, -0.1) is 0 Å². The number of rotatable bonds is 2. The summed E-state index contributed by atoms with van der Waals surface area (Å²) in [5.74, 6) is -0.438. The van der Waals surface area contributed by atoms with Crippen LogP contribution in [0.1, 0.15) is 27.0 Å². The van der Waals surface area contributed by atoms with Crippen LogP contribution >= 0.6 is 0 Å². The van der Waals surface area contributed by atoms with E-state index < -0.39 is 17.6 Å². The zero-order valence-corrected chi connectivity index (χ0v) is 11.6. The number of hydrogen-bond acceptors (Lipinski definition) is 1. The molecule has 2 rings (SSSR count). The van der Waals surface area contributed by atoms with E-state index in [4.69, 9.17) is 0 Å². The summed E-state index contributed by atoms with van der Waals surface area (Å²) in [7, 11) is 0. The van der Waals surface area contributed by atoms with E-state index in [0.29, 0.717) is 5.69 Å². The number of benzene rings is 2. The highest BCUT2D eigenvalue weighted by Crippen LogP contribution is 2.29. The molecule has 0 atom stereocenters. The average molecular weight is 293 g/mol. The predicted octanol–water partition coefficient (Wildman–Crippen LogP) is 4.57. The van der Waals surface area contributed by atoms with E-state index in [2.05, 4.69) is 5.32 Å². The molecule has 0 aliphatic heterocycles. The van der Waals surface area contributed by atoms with Gasteiger partial charge < -0.3 is 5.32 Å². The zero-order chi connectivity index (χ0) is 15.6. The standard InChI is InChI=1S/C16H14F3NO/c1-10-3-8-14(9-11(10)2)20-15(21)12-4-6-13(7-5-12)16(17,18)19/h3-9H,1-2H3,(H,20,21). The minimum atomic E-state index is -4.40. The Hall–Kier alpha value is -2.30. The van der Waals surface area contributed by atoms with Crippen molar-refractivity contribution in [1.29, 1.82) is 0 Å². The lowest BCUT2D eigenvalue weighted by Gasteiger charge is -2.09. The molecule has 2 aromatic carbocycles. The van der Waals surface area contributed by atoms with E-state index in [9.17, 15) is 18.0 Å². The van der Waals surface area contributed by atoms with Crippen molar-refractivity contribution in [2.45, 2.75) is 20.0 Å². The molecule has 1 N–H and O–H groups in total. The molecule has 2 nitrogen and oxygen atoms in total. The van der Waals surface area contributed by atoms with Crippen molar-refractivity contribution in [2.24, 2.45) is 0 Å². The summed E-state index contributed by atoms with van der Waals surface area (Å²) in [5.41, 5.74) is 2.15. The van der Waals surface area contributed by atoms with Crippen molar-refractivity contribution < 1.29 is 18.0 Å². The first-order valence-electron chi connectivity index (χ1n) is 6.33. The third-order valence-corrected chi connectivity index (χ3v) is 3.24. The summed E-state index contributed by atoms with van der Waals surface area (Å²) in [6.07, 6.45) is -4.40. The maximum absolute atomic E-state index is 12.4. The van der Waals surface area contributed by atoms with Gasteiger partial charge in [-0.2, -0.15) is 13.2 Å². The van der Waals surface area contributed by atoms with Crippen molar-refractivity contribution in [3.8, 4) is 0 Å². The molecule has 0 unspecified atom stereocenters. The Kier molecular flexibility index (Phi) is 4.02. The fraction of sp³-hybridized carbons (Fsp3) is 0.188. The lowest BCUT2D eigenvalue weighted by molar-refractivity contribution is -0.137. The first kappa shape index (κ1) is 15.1. The third-order valence-electron chi connectivity index (χ3n) is 3.24. The number of anilines is 1. The van der Waals surface area contributed by atoms with Crippen molar-refractivity contribution in [2.75, 3.05) is 5.32 Å². The second kappa shape index (κ2) is 5.60. The maximum atomic E-state index is 12.4. The fourth-order valence-electron chi connectivity index (χ4n) is 1.83. The molecule has 0 spiro atoms. The van der Waals surface area contributed by atoms with E-state index in [1.807, 2.05) is 26.0 Å². The van der Waals surface area contributed by atoms with Crippen LogP contribution in [0.2, 0.25) is 0 Å². The number of amides is 1. The molecule has 0 heterocycles. The predicted molar refractivity (Wildman–Crippen MR) is 75.3 cm³/mol. The number of nitrogens with one attached hydrogen (secondary N) is 1. The van der Waals surface area contributed by atoms with Crippen LogP contribution < -0.4 is 5.32 Å². The summed E-state index contributed by atoms with van der Waals surface area (Å²) in [6, 6.07) is 9.57. The molecule has 0 radical (unpaired) electrons. The SMILES string of the molecule is Cc1ccc(NC(=O)c2ccc(C(F)(F)F)cc2)cc1C. The van der Waals surface area contributed by atoms with E-state index in [1.54, 1.807) is 6.07 Å². The Bertz CT molecular complexity index is 660. The molecule has 5 heteroatoms. The summed E-state index contributed by atoms with van der Waals surface area (Å²) in [4.78, 5) is 12.0. The van der Waals surface area contributed by atoms with Gasteiger partial charge in [0.25, 0.3) is 5.91 Å². The van der Waals surface area contributed by atoms with Crippen molar-refractivity contribution in [3.63, 3.8) is 0 Å². The Morgan fingerprint density at radius 3 is 2.10 bits per heavy atom. The van der Waals surface area contributed by atoms with E-state index >= 15 is 0 Å².